The number of rotatable bonds is 9. The second-order valence-corrected chi connectivity index (χ2v) is 4.72. The molecular formula is C14H22N6O. The highest BCUT2D eigenvalue weighted by atomic mass is 16.5. The third kappa shape index (κ3) is 4.62. The van der Waals surface area contributed by atoms with Gasteiger partial charge in [0.05, 0.1) is 12.9 Å². The topological polar surface area (TPSA) is 90.9 Å². The lowest BCUT2D eigenvalue weighted by Crippen LogP contribution is -2.11. The van der Waals surface area contributed by atoms with Crippen LogP contribution in [0.4, 0.5) is 11.5 Å². The predicted molar refractivity (Wildman–Crippen MR) is 82.2 cm³/mol. The molecule has 2 heterocycles. The average Bonchev–Trinajstić information content (AvgIpc) is 3.00. The van der Waals surface area contributed by atoms with Gasteiger partial charge >= 0.3 is 0 Å². The Hall–Kier alpha value is -2.31. The molecular weight excluding hydrogens is 268 g/mol. The smallest absolute Gasteiger partial charge is 0.242 e. The van der Waals surface area contributed by atoms with Crippen LogP contribution in [0.5, 0.6) is 5.88 Å². The molecule has 0 atom stereocenters. The number of nitrogen functional groups attached to an aromatic ring is 1. The van der Waals surface area contributed by atoms with Crippen molar-refractivity contribution in [3.63, 3.8) is 0 Å². The molecule has 2 rings (SSSR count). The molecule has 0 saturated carbocycles. The maximum Gasteiger partial charge on any atom is 0.242 e. The van der Waals surface area contributed by atoms with Gasteiger partial charge in [-0.3, -0.25) is 0 Å². The van der Waals surface area contributed by atoms with E-state index < -0.39 is 0 Å². The molecule has 0 saturated heterocycles. The number of hydrogen-bond acceptors (Lipinski definition) is 6. The zero-order chi connectivity index (χ0) is 14.9. The lowest BCUT2D eigenvalue weighted by Gasteiger charge is -2.11. The van der Waals surface area contributed by atoms with E-state index >= 15 is 0 Å². The Balaban J connectivity index is 1.80. The Kier molecular flexibility index (Phi) is 5.81. The quantitative estimate of drug-likeness (QED) is 0.686. The molecule has 0 aliphatic carbocycles. The van der Waals surface area contributed by atoms with E-state index in [1.54, 1.807) is 12.5 Å². The minimum absolute atomic E-state index is 0.454. The van der Waals surface area contributed by atoms with Crippen molar-refractivity contribution in [3.05, 3.63) is 25.0 Å². The van der Waals surface area contributed by atoms with Crippen LogP contribution in [0.25, 0.3) is 0 Å². The van der Waals surface area contributed by atoms with Crippen molar-refractivity contribution in [1.29, 1.82) is 0 Å². The number of ether oxygens (including phenoxy) is 1. The molecule has 7 nitrogen and oxygen atoms in total. The van der Waals surface area contributed by atoms with Gasteiger partial charge in [-0.2, -0.15) is 4.98 Å². The summed E-state index contributed by atoms with van der Waals surface area (Å²) >= 11 is 0. The molecule has 0 fully saturated rings. The maximum atomic E-state index is 6.01. The first-order valence-electron chi connectivity index (χ1n) is 7.24. The lowest BCUT2D eigenvalue weighted by atomic mass is 10.3. The van der Waals surface area contributed by atoms with Crippen LogP contribution in [0.1, 0.15) is 26.2 Å². The van der Waals surface area contributed by atoms with Gasteiger partial charge in [-0.1, -0.05) is 13.3 Å². The van der Waals surface area contributed by atoms with E-state index in [1.165, 1.54) is 6.33 Å². The van der Waals surface area contributed by atoms with E-state index in [4.69, 9.17) is 10.5 Å². The number of nitrogens with zero attached hydrogens (tertiary/aromatic N) is 4. The summed E-state index contributed by atoms with van der Waals surface area (Å²) in [5.41, 5.74) is 6.48. The molecule has 21 heavy (non-hydrogen) atoms. The van der Waals surface area contributed by atoms with Crippen molar-refractivity contribution >= 4 is 11.5 Å². The van der Waals surface area contributed by atoms with Gasteiger partial charge in [-0.05, 0) is 12.8 Å². The zero-order valence-corrected chi connectivity index (χ0v) is 12.3. The van der Waals surface area contributed by atoms with E-state index in [-0.39, 0.29) is 0 Å². The number of nitrogens with one attached hydrogen (secondary N) is 1. The zero-order valence-electron chi connectivity index (χ0n) is 12.3. The van der Waals surface area contributed by atoms with Crippen LogP contribution in [-0.4, -0.2) is 32.7 Å². The monoisotopic (exact) mass is 290 g/mol. The Morgan fingerprint density at radius 2 is 2.24 bits per heavy atom. The van der Waals surface area contributed by atoms with Crippen LogP contribution >= 0.6 is 0 Å². The molecule has 3 N–H and O–H groups in total. The second kappa shape index (κ2) is 8.08. The number of nitrogens with two attached hydrogens (primary N) is 1. The molecule has 0 spiro atoms. The fourth-order valence-electron chi connectivity index (χ4n) is 1.84. The first-order chi connectivity index (χ1) is 10.3. The van der Waals surface area contributed by atoms with Crippen molar-refractivity contribution in [1.82, 2.24) is 19.5 Å². The number of aryl methyl sites for hydroxylation is 1. The molecule has 0 amide bonds. The number of unbranched alkanes of at least 4 members (excludes halogenated alkanes) is 1. The van der Waals surface area contributed by atoms with Crippen LogP contribution in [0, 0.1) is 0 Å². The first kappa shape index (κ1) is 15.1. The Morgan fingerprint density at radius 3 is 3.00 bits per heavy atom. The molecule has 0 bridgehead atoms. The van der Waals surface area contributed by atoms with Gasteiger partial charge in [-0.15, -0.1) is 0 Å². The number of anilines is 2. The highest BCUT2D eigenvalue weighted by Gasteiger charge is 2.08. The van der Waals surface area contributed by atoms with Gasteiger partial charge in [0.2, 0.25) is 5.88 Å². The molecule has 0 aliphatic rings. The van der Waals surface area contributed by atoms with Crippen LogP contribution < -0.4 is 15.8 Å². The highest BCUT2D eigenvalue weighted by molar-refractivity contribution is 5.66. The third-order valence-electron chi connectivity index (χ3n) is 3.03. The summed E-state index contributed by atoms with van der Waals surface area (Å²) < 4.78 is 7.59. The largest absolute Gasteiger partial charge is 0.476 e. The first-order valence-corrected chi connectivity index (χ1v) is 7.24. The highest BCUT2D eigenvalue weighted by Crippen LogP contribution is 2.24. The maximum absolute atomic E-state index is 6.01. The van der Waals surface area contributed by atoms with Crippen molar-refractivity contribution in [2.45, 2.75) is 32.7 Å². The number of imidazole rings is 1. The summed E-state index contributed by atoms with van der Waals surface area (Å²) in [5, 5.41) is 3.22. The van der Waals surface area contributed by atoms with Crippen molar-refractivity contribution in [3.8, 4) is 5.88 Å². The van der Waals surface area contributed by atoms with Gasteiger partial charge in [0.15, 0.2) is 5.82 Å². The van der Waals surface area contributed by atoms with E-state index in [1.807, 2.05) is 10.8 Å². The number of hydrogen-bond donors (Lipinski definition) is 2. The molecule has 0 aromatic carbocycles. The summed E-state index contributed by atoms with van der Waals surface area (Å²) in [6.07, 6.45) is 10.00. The van der Waals surface area contributed by atoms with E-state index in [0.717, 1.165) is 32.4 Å². The van der Waals surface area contributed by atoms with Crippen LogP contribution in [0.2, 0.25) is 0 Å². The van der Waals surface area contributed by atoms with Gasteiger partial charge in [0, 0.05) is 25.5 Å². The summed E-state index contributed by atoms with van der Waals surface area (Å²) in [4.78, 5) is 12.2. The fourth-order valence-corrected chi connectivity index (χ4v) is 1.84. The van der Waals surface area contributed by atoms with Gasteiger partial charge in [0.25, 0.3) is 0 Å². The van der Waals surface area contributed by atoms with Gasteiger partial charge in [-0.25, -0.2) is 9.97 Å². The van der Waals surface area contributed by atoms with E-state index in [2.05, 4.69) is 27.2 Å². The summed E-state index contributed by atoms with van der Waals surface area (Å²) in [6, 6.07) is 0. The molecule has 0 aliphatic heterocycles. The summed E-state index contributed by atoms with van der Waals surface area (Å²) in [7, 11) is 0. The Labute approximate surface area is 124 Å². The lowest BCUT2D eigenvalue weighted by molar-refractivity contribution is 0.299. The van der Waals surface area contributed by atoms with Gasteiger partial charge in [0.1, 0.15) is 12.0 Å². The standard InChI is InChI=1S/C14H22N6O/c1-2-3-9-21-14-12(15)13(18-10-19-14)17-5-4-7-20-8-6-16-11-20/h6,8,10-11H,2-5,7,9,15H2,1H3,(H,17,18,19). The molecule has 0 radical (unpaired) electrons. The normalized spacial score (nSPS) is 10.5. The minimum atomic E-state index is 0.454. The SMILES string of the molecule is CCCCOc1ncnc(NCCCn2ccnc2)c1N. The van der Waals surface area contributed by atoms with Crippen molar-refractivity contribution < 1.29 is 4.74 Å². The van der Waals surface area contributed by atoms with Crippen LogP contribution in [0.15, 0.2) is 25.0 Å². The molecule has 114 valence electrons. The minimum Gasteiger partial charge on any atom is -0.476 e. The Morgan fingerprint density at radius 1 is 1.33 bits per heavy atom. The predicted octanol–water partition coefficient (Wildman–Crippen LogP) is 1.94. The summed E-state index contributed by atoms with van der Waals surface area (Å²) in [5.74, 6) is 1.08. The van der Waals surface area contributed by atoms with Crippen LogP contribution in [-0.2, 0) is 6.54 Å². The Bertz CT molecular complexity index is 528. The van der Waals surface area contributed by atoms with E-state index in [0.29, 0.717) is 24.0 Å². The molecule has 2 aromatic heterocycles. The molecule has 7 heteroatoms. The molecule has 2 aromatic rings. The fraction of sp³-hybridized carbons (Fsp3) is 0.500. The summed E-state index contributed by atoms with van der Waals surface area (Å²) in [6.45, 7) is 4.41. The van der Waals surface area contributed by atoms with Crippen molar-refractivity contribution in [2.24, 2.45) is 0 Å². The van der Waals surface area contributed by atoms with Crippen LogP contribution in [0.3, 0.4) is 0 Å². The van der Waals surface area contributed by atoms with Gasteiger partial charge < -0.3 is 20.4 Å². The third-order valence-corrected chi connectivity index (χ3v) is 3.03. The average molecular weight is 290 g/mol. The molecule has 0 unspecified atom stereocenters. The van der Waals surface area contributed by atoms with E-state index in [9.17, 15) is 0 Å². The second-order valence-electron chi connectivity index (χ2n) is 4.72. The van der Waals surface area contributed by atoms with Crippen molar-refractivity contribution in [2.75, 3.05) is 24.2 Å². The number of aromatic nitrogens is 4.